The molecule has 1 aromatic carbocycles. The molecule has 3 N–H and O–H groups in total. The van der Waals surface area contributed by atoms with Gasteiger partial charge >= 0.3 is 6.09 Å². The number of aryl methyl sites for hydroxylation is 1. The zero-order chi connectivity index (χ0) is 23.0. The van der Waals surface area contributed by atoms with Crippen LogP contribution in [0.2, 0.25) is 0 Å². The van der Waals surface area contributed by atoms with Crippen LogP contribution in [0.4, 0.5) is 16.3 Å². The summed E-state index contributed by atoms with van der Waals surface area (Å²) in [5.74, 6) is 1.32. The third-order valence-corrected chi connectivity index (χ3v) is 4.61. The molecule has 10 heteroatoms. The van der Waals surface area contributed by atoms with Gasteiger partial charge in [-0.25, -0.2) is 14.3 Å². The summed E-state index contributed by atoms with van der Waals surface area (Å²) >= 11 is 0. The Morgan fingerprint density at radius 2 is 2.00 bits per heavy atom. The topological polar surface area (TPSA) is 130 Å². The highest BCUT2D eigenvalue weighted by Crippen LogP contribution is 2.38. The summed E-state index contributed by atoms with van der Waals surface area (Å²) in [6.07, 6.45) is 0.811. The maximum atomic E-state index is 12.2. The molecule has 10 nitrogen and oxygen atoms in total. The molecule has 0 unspecified atom stereocenters. The number of carbonyl (C=O) groups excluding carboxylic acids is 1. The summed E-state index contributed by atoms with van der Waals surface area (Å²) in [5.41, 5.74) is 9.66. The molecule has 4 aromatic rings. The van der Waals surface area contributed by atoms with E-state index in [9.17, 15) is 4.79 Å². The number of hydrogen-bond donors (Lipinski definition) is 2. The number of rotatable bonds is 4. The minimum Gasteiger partial charge on any atom is -0.495 e. The minimum absolute atomic E-state index is 0.312. The predicted octanol–water partition coefficient (Wildman–Crippen LogP) is 4.30. The lowest BCUT2D eigenvalue weighted by Gasteiger charge is -2.20. The molecule has 0 aliphatic rings. The summed E-state index contributed by atoms with van der Waals surface area (Å²) in [6, 6.07) is 9.09. The largest absolute Gasteiger partial charge is 0.495 e. The van der Waals surface area contributed by atoms with E-state index in [1.54, 1.807) is 37.4 Å². The fourth-order valence-corrected chi connectivity index (χ4v) is 3.32. The van der Waals surface area contributed by atoms with E-state index < -0.39 is 11.7 Å². The van der Waals surface area contributed by atoms with E-state index in [2.05, 4.69) is 20.6 Å². The van der Waals surface area contributed by atoms with Crippen molar-refractivity contribution in [2.45, 2.75) is 33.3 Å². The van der Waals surface area contributed by atoms with E-state index >= 15 is 0 Å². The second-order valence-electron chi connectivity index (χ2n) is 8.22. The van der Waals surface area contributed by atoms with E-state index in [1.807, 2.05) is 25.1 Å². The van der Waals surface area contributed by atoms with E-state index in [4.69, 9.17) is 19.7 Å². The van der Waals surface area contributed by atoms with E-state index in [1.165, 1.54) is 13.4 Å². The zero-order valence-electron chi connectivity index (χ0n) is 18.5. The first-order chi connectivity index (χ1) is 15.2. The van der Waals surface area contributed by atoms with Crippen LogP contribution in [0, 0.1) is 6.92 Å². The summed E-state index contributed by atoms with van der Waals surface area (Å²) in [7, 11) is 1.53. The molecule has 0 saturated heterocycles. The molecular formula is C22H24N6O4. The molecule has 0 spiro atoms. The highest BCUT2D eigenvalue weighted by molar-refractivity contribution is 5.93. The number of carbonyl (C=O) groups is 1. The molecule has 3 aromatic heterocycles. The average molecular weight is 436 g/mol. The van der Waals surface area contributed by atoms with Gasteiger partial charge in [-0.3, -0.25) is 5.32 Å². The lowest BCUT2D eigenvalue weighted by molar-refractivity contribution is 0.0635. The standard InChI is InChI=1S/C22H24N6O4/c1-12-8-18(32-27-12)16-10-14(19-20(23)24-11-25-28(16)19)13-6-7-15(17(9-13)30-5)26-21(29)31-22(2,3)4/h6-11H,1-5H3,(H,26,29)(H2,23,24,25). The first kappa shape index (κ1) is 21.2. The van der Waals surface area contributed by atoms with Gasteiger partial charge in [-0.05, 0) is 51.5 Å². The highest BCUT2D eigenvalue weighted by atomic mass is 16.6. The van der Waals surface area contributed by atoms with Crippen molar-refractivity contribution in [3.63, 3.8) is 0 Å². The maximum absolute atomic E-state index is 12.2. The van der Waals surface area contributed by atoms with Crippen molar-refractivity contribution in [2.24, 2.45) is 0 Å². The SMILES string of the molecule is COc1cc(-c2cc(-c3cc(C)no3)n3ncnc(N)c23)ccc1NC(=O)OC(C)(C)C. The van der Waals surface area contributed by atoms with Gasteiger partial charge in [0.2, 0.25) is 0 Å². The fraction of sp³-hybridized carbons (Fsp3) is 0.273. The Morgan fingerprint density at radius 1 is 1.22 bits per heavy atom. The van der Waals surface area contributed by atoms with Crippen LogP contribution in [0.25, 0.3) is 28.1 Å². The number of anilines is 2. The molecule has 0 aliphatic heterocycles. The number of fused-ring (bicyclic) bond motifs is 1. The van der Waals surface area contributed by atoms with Gasteiger partial charge in [0.15, 0.2) is 11.6 Å². The summed E-state index contributed by atoms with van der Waals surface area (Å²) in [4.78, 5) is 16.3. The summed E-state index contributed by atoms with van der Waals surface area (Å²) < 4.78 is 17.9. The average Bonchev–Trinajstić information content (AvgIpc) is 3.31. The molecule has 0 saturated carbocycles. The molecule has 166 valence electrons. The first-order valence-electron chi connectivity index (χ1n) is 9.90. The lowest BCUT2D eigenvalue weighted by Crippen LogP contribution is -2.27. The number of amides is 1. The smallest absolute Gasteiger partial charge is 0.412 e. The Balaban J connectivity index is 1.78. The van der Waals surface area contributed by atoms with Crippen molar-refractivity contribution in [2.75, 3.05) is 18.2 Å². The monoisotopic (exact) mass is 436 g/mol. The molecule has 0 bridgehead atoms. The molecule has 0 fully saturated rings. The third kappa shape index (κ3) is 4.07. The number of aromatic nitrogens is 4. The van der Waals surface area contributed by atoms with Crippen LogP contribution in [0.5, 0.6) is 5.75 Å². The van der Waals surface area contributed by atoms with Crippen molar-refractivity contribution in [1.82, 2.24) is 19.8 Å². The second-order valence-corrected chi connectivity index (χ2v) is 8.22. The van der Waals surface area contributed by atoms with Crippen molar-refractivity contribution < 1.29 is 18.8 Å². The van der Waals surface area contributed by atoms with Crippen molar-refractivity contribution in [3.05, 3.63) is 42.4 Å². The normalized spacial score (nSPS) is 11.5. The molecule has 0 atom stereocenters. The van der Waals surface area contributed by atoms with Crippen LogP contribution in [0.3, 0.4) is 0 Å². The van der Waals surface area contributed by atoms with Gasteiger partial charge in [-0.2, -0.15) is 5.10 Å². The molecule has 3 heterocycles. The highest BCUT2D eigenvalue weighted by Gasteiger charge is 2.21. The molecule has 0 radical (unpaired) electrons. The molecular weight excluding hydrogens is 412 g/mol. The Labute approximate surface area is 184 Å². The van der Waals surface area contributed by atoms with Gasteiger partial charge in [-0.15, -0.1) is 0 Å². The Bertz CT molecular complexity index is 1300. The molecule has 0 aliphatic carbocycles. The summed E-state index contributed by atoms with van der Waals surface area (Å²) in [6.45, 7) is 7.23. The van der Waals surface area contributed by atoms with Gasteiger partial charge in [0.05, 0.1) is 18.5 Å². The molecule has 1 amide bonds. The van der Waals surface area contributed by atoms with Crippen LogP contribution in [-0.2, 0) is 4.74 Å². The van der Waals surface area contributed by atoms with Crippen molar-refractivity contribution >= 4 is 23.1 Å². The van der Waals surface area contributed by atoms with E-state index in [-0.39, 0.29) is 0 Å². The fourth-order valence-electron chi connectivity index (χ4n) is 3.32. The Hall–Kier alpha value is -4.08. The van der Waals surface area contributed by atoms with Crippen LogP contribution in [0.15, 0.2) is 41.2 Å². The van der Waals surface area contributed by atoms with Gasteiger partial charge < -0.3 is 19.7 Å². The van der Waals surface area contributed by atoms with Crippen LogP contribution in [-0.4, -0.2) is 38.6 Å². The number of benzene rings is 1. The van der Waals surface area contributed by atoms with Crippen LogP contribution in [0.1, 0.15) is 26.5 Å². The third-order valence-electron chi connectivity index (χ3n) is 4.61. The van der Waals surface area contributed by atoms with Crippen LogP contribution >= 0.6 is 0 Å². The zero-order valence-corrected chi connectivity index (χ0v) is 18.5. The molecule has 4 rings (SSSR count). The Kier molecular flexibility index (Phi) is 5.21. The number of hydrogen-bond acceptors (Lipinski definition) is 8. The number of nitrogens with zero attached hydrogens (tertiary/aromatic N) is 4. The summed E-state index contributed by atoms with van der Waals surface area (Å²) in [5, 5.41) is 11.0. The maximum Gasteiger partial charge on any atom is 0.412 e. The van der Waals surface area contributed by atoms with Crippen LogP contribution < -0.4 is 15.8 Å². The van der Waals surface area contributed by atoms with Gasteiger partial charge in [0.1, 0.15) is 28.9 Å². The molecule has 32 heavy (non-hydrogen) atoms. The quantitative estimate of drug-likeness (QED) is 0.484. The number of methoxy groups -OCH3 is 1. The second kappa shape index (κ2) is 7.88. The van der Waals surface area contributed by atoms with Gasteiger partial charge in [0.25, 0.3) is 0 Å². The number of nitrogens with two attached hydrogens (primary N) is 1. The number of nitrogens with one attached hydrogen (secondary N) is 1. The predicted molar refractivity (Wildman–Crippen MR) is 119 cm³/mol. The minimum atomic E-state index is -0.615. The van der Waals surface area contributed by atoms with E-state index in [0.29, 0.717) is 34.2 Å². The van der Waals surface area contributed by atoms with Gasteiger partial charge in [-0.1, -0.05) is 11.2 Å². The number of nitrogen functional groups attached to an aromatic ring is 1. The Morgan fingerprint density at radius 3 is 2.66 bits per heavy atom. The van der Waals surface area contributed by atoms with Crippen molar-refractivity contribution in [1.29, 1.82) is 0 Å². The number of ether oxygens (including phenoxy) is 2. The van der Waals surface area contributed by atoms with Crippen molar-refractivity contribution in [3.8, 4) is 28.3 Å². The lowest BCUT2D eigenvalue weighted by atomic mass is 10.1. The first-order valence-corrected chi connectivity index (χ1v) is 9.90. The van der Waals surface area contributed by atoms with Gasteiger partial charge in [0, 0.05) is 11.6 Å². The van der Waals surface area contributed by atoms with E-state index in [0.717, 1.165) is 16.8 Å².